The van der Waals surface area contributed by atoms with Crippen LogP contribution >= 0.6 is 0 Å². The minimum Gasteiger partial charge on any atom is -0.324 e. The van der Waals surface area contributed by atoms with E-state index in [2.05, 4.69) is 61.8 Å². The minimum absolute atomic E-state index is 0.372. The zero-order chi connectivity index (χ0) is 35.9. The second-order valence-electron chi connectivity index (χ2n) is 12.4. The quantitative estimate of drug-likeness (QED) is 0.0726. The highest BCUT2D eigenvalue weighted by atomic mass is 15.3. The molecular weight excluding hydrogens is 649 g/mol. The molecule has 0 saturated heterocycles. The molecule has 7 rings (SSSR count). The van der Waals surface area contributed by atoms with Crippen molar-refractivity contribution >= 4 is 69.8 Å². The van der Waals surface area contributed by atoms with Crippen LogP contribution in [0.2, 0.25) is 0 Å². The first-order valence-electron chi connectivity index (χ1n) is 16.8. The summed E-state index contributed by atoms with van der Waals surface area (Å²) in [5, 5.41) is 19.9. The molecule has 0 aliphatic heterocycles. The highest BCUT2D eigenvalue weighted by Gasteiger charge is 2.11. The van der Waals surface area contributed by atoms with Crippen LogP contribution in [0, 0.1) is 27.7 Å². The van der Waals surface area contributed by atoms with E-state index >= 15 is 0 Å². The molecule has 6 N–H and O–H groups in total. The molecule has 0 amide bonds. The van der Waals surface area contributed by atoms with Crippen LogP contribution in [-0.2, 0) is 0 Å². The third kappa shape index (κ3) is 9.12. The van der Waals surface area contributed by atoms with Crippen molar-refractivity contribution in [1.29, 1.82) is 0 Å². The van der Waals surface area contributed by atoms with Crippen LogP contribution in [0.5, 0.6) is 0 Å². The van der Waals surface area contributed by atoms with Crippen LogP contribution in [0.1, 0.15) is 22.3 Å². The van der Waals surface area contributed by atoms with Gasteiger partial charge in [0.05, 0.1) is 0 Å². The van der Waals surface area contributed by atoms with Gasteiger partial charge in [-0.2, -0.15) is 29.9 Å². The first-order chi connectivity index (χ1) is 25.3. The Morgan fingerprint density at radius 3 is 0.692 bits per heavy atom. The monoisotopic (exact) mass is 686 g/mol. The Labute approximate surface area is 302 Å². The lowest BCUT2D eigenvalue weighted by atomic mass is 10.2. The van der Waals surface area contributed by atoms with Gasteiger partial charge in [0, 0.05) is 34.1 Å². The fraction of sp³-hybridized carbons (Fsp3) is 0.100. The molecule has 0 bridgehead atoms. The lowest BCUT2D eigenvalue weighted by Crippen LogP contribution is -2.08. The zero-order valence-electron chi connectivity index (χ0n) is 29.2. The highest BCUT2D eigenvalue weighted by molar-refractivity contribution is 5.66. The molecule has 7 aromatic rings. The fourth-order valence-corrected chi connectivity index (χ4v) is 5.39. The molecule has 5 aromatic carbocycles. The van der Waals surface area contributed by atoms with Gasteiger partial charge in [-0.1, -0.05) is 48.5 Å². The van der Waals surface area contributed by atoms with Gasteiger partial charge in [0.25, 0.3) is 0 Å². The maximum absolute atomic E-state index is 4.66. The first kappa shape index (κ1) is 33.4. The van der Waals surface area contributed by atoms with Crippen LogP contribution < -0.4 is 31.9 Å². The molecule has 2 aromatic heterocycles. The molecule has 258 valence electrons. The number of hydrogen-bond acceptors (Lipinski definition) is 12. The second kappa shape index (κ2) is 15.2. The van der Waals surface area contributed by atoms with Crippen LogP contribution in [-0.4, -0.2) is 29.9 Å². The number of aryl methyl sites for hydroxylation is 4. The molecule has 0 fully saturated rings. The molecule has 0 unspecified atom stereocenters. The molecule has 0 saturated carbocycles. The fourth-order valence-electron chi connectivity index (χ4n) is 5.39. The summed E-state index contributed by atoms with van der Waals surface area (Å²) in [6, 6.07) is 39.8. The number of anilines is 12. The molecule has 2 heterocycles. The van der Waals surface area contributed by atoms with Gasteiger partial charge >= 0.3 is 0 Å². The molecule has 0 atom stereocenters. The summed E-state index contributed by atoms with van der Waals surface area (Å²) in [6.07, 6.45) is 0. The molecular formula is C40H38N12. The van der Waals surface area contributed by atoms with Crippen molar-refractivity contribution in [2.24, 2.45) is 0 Å². The lowest BCUT2D eigenvalue weighted by molar-refractivity contribution is 1.06. The lowest BCUT2D eigenvalue weighted by Gasteiger charge is -2.13. The van der Waals surface area contributed by atoms with Gasteiger partial charge in [0.2, 0.25) is 35.7 Å². The Hall–Kier alpha value is -7.08. The van der Waals surface area contributed by atoms with Gasteiger partial charge in [0.15, 0.2) is 0 Å². The standard InChI is InChI=1S/C40H38N12/c1-25-9-5-13-31(21-25)43-37-47-35(48-38(51-37)44-32-14-6-10-26(2)22-32)41-29-17-19-30(20-18-29)42-36-49-39(45-33-15-7-11-27(3)23-33)52-40(50-36)46-34-16-8-12-28(4)24-34/h5-24H,1-4H3,(H3,41,43,44,47,48,51)(H3,42,45,46,49,50,52). The van der Waals surface area contributed by atoms with E-state index in [-0.39, 0.29) is 0 Å². The van der Waals surface area contributed by atoms with Gasteiger partial charge in [0.1, 0.15) is 0 Å². The molecule has 0 spiro atoms. The van der Waals surface area contributed by atoms with E-state index in [0.29, 0.717) is 35.7 Å². The summed E-state index contributed by atoms with van der Waals surface area (Å²) in [4.78, 5) is 27.9. The topological polar surface area (TPSA) is 150 Å². The molecule has 0 radical (unpaired) electrons. The summed E-state index contributed by atoms with van der Waals surface area (Å²) in [7, 11) is 0. The maximum Gasteiger partial charge on any atom is 0.233 e. The number of nitrogens with one attached hydrogen (secondary N) is 6. The SMILES string of the molecule is Cc1cccc(Nc2nc(Nc3ccc(Nc4nc(Nc5cccc(C)c5)nc(Nc5cccc(C)c5)n4)cc3)nc(Nc3cccc(C)c3)n2)c1. The molecule has 0 aliphatic carbocycles. The van der Waals surface area contributed by atoms with Crippen molar-refractivity contribution in [2.75, 3.05) is 31.9 Å². The summed E-state index contributed by atoms with van der Waals surface area (Å²) >= 11 is 0. The van der Waals surface area contributed by atoms with Gasteiger partial charge in [-0.25, -0.2) is 0 Å². The predicted octanol–water partition coefficient (Wildman–Crippen LogP) is 9.75. The van der Waals surface area contributed by atoms with E-state index in [1.54, 1.807) is 0 Å². The van der Waals surface area contributed by atoms with E-state index in [9.17, 15) is 0 Å². The van der Waals surface area contributed by atoms with Crippen LogP contribution in [0.3, 0.4) is 0 Å². The Kier molecular flexibility index (Phi) is 9.78. The van der Waals surface area contributed by atoms with Gasteiger partial charge in [-0.05, 0) is 123 Å². The van der Waals surface area contributed by atoms with Crippen molar-refractivity contribution in [3.8, 4) is 0 Å². The summed E-state index contributed by atoms with van der Waals surface area (Å²) < 4.78 is 0. The Morgan fingerprint density at radius 2 is 0.481 bits per heavy atom. The van der Waals surface area contributed by atoms with Gasteiger partial charge in [-0.3, -0.25) is 0 Å². The number of nitrogens with zero attached hydrogens (tertiary/aromatic N) is 6. The Balaban J connectivity index is 1.12. The van der Waals surface area contributed by atoms with E-state index in [1.165, 1.54) is 0 Å². The van der Waals surface area contributed by atoms with Crippen LogP contribution in [0.4, 0.5) is 69.8 Å². The van der Waals surface area contributed by atoms with E-state index in [1.807, 2.05) is 149 Å². The smallest absolute Gasteiger partial charge is 0.233 e. The Morgan fingerprint density at radius 1 is 0.269 bits per heavy atom. The Bertz CT molecular complexity index is 2030. The van der Waals surface area contributed by atoms with E-state index in [4.69, 9.17) is 0 Å². The van der Waals surface area contributed by atoms with Gasteiger partial charge < -0.3 is 31.9 Å². The average molecular weight is 687 g/mol. The number of benzene rings is 5. The number of aromatic nitrogens is 6. The van der Waals surface area contributed by atoms with Crippen molar-refractivity contribution in [3.05, 3.63) is 144 Å². The van der Waals surface area contributed by atoms with E-state index < -0.39 is 0 Å². The minimum atomic E-state index is 0.372. The molecule has 0 aliphatic rings. The average Bonchev–Trinajstić information content (AvgIpc) is 3.09. The molecule has 12 nitrogen and oxygen atoms in total. The summed E-state index contributed by atoms with van der Waals surface area (Å²) in [5.41, 5.74) is 9.56. The zero-order valence-corrected chi connectivity index (χ0v) is 29.2. The maximum atomic E-state index is 4.66. The highest BCUT2D eigenvalue weighted by Crippen LogP contribution is 2.25. The molecule has 52 heavy (non-hydrogen) atoms. The largest absolute Gasteiger partial charge is 0.324 e. The van der Waals surface area contributed by atoms with Crippen molar-refractivity contribution in [3.63, 3.8) is 0 Å². The second-order valence-corrected chi connectivity index (χ2v) is 12.4. The van der Waals surface area contributed by atoms with Crippen molar-refractivity contribution in [1.82, 2.24) is 29.9 Å². The molecule has 12 heteroatoms. The van der Waals surface area contributed by atoms with Crippen LogP contribution in [0.25, 0.3) is 0 Å². The summed E-state index contributed by atoms with van der Waals surface area (Å²) in [6.45, 7) is 8.16. The van der Waals surface area contributed by atoms with E-state index in [0.717, 1.165) is 56.4 Å². The van der Waals surface area contributed by atoms with Crippen molar-refractivity contribution in [2.45, 2.75) is 27.7 Å². The third-order valence-electron chi connectivity index (χ3n) is 7.76. The third-order valence-corrected chi connectivity index (χ3v) is 7.76. The van der Waals surface area contributed by atoms with Crippen LogP contribution in [0.15, 0.2) is 121 Å². The number of hydrogen-bond donors (Lipinski definition) is 6. The van der Waals surface area contributed by atoms with Crippen molar-refractivity contribution < 1.29 is 0 Å². The summed E-state index contributed by atoms with van der Waals surface area (Å²) in [5.74, 6) is 2.34. The van der Waals surface area contributed by atoms with Gasteiger partial charge in [-0.15, -0.1) is 0 Å². The predicted molar refractivity (Wildman–Crippen MR) is 211 cm³/mol. The first-order valence-corrected chi connectivity index (χ1v) is 16.8. The normalized spacial score (nSPS) is 10.7. The number of rotatable bonds is 12.